The van der Waals surface area contributed by atoms with E-state index in [1.54, 1.807) is 34.9 Å². The van der Waals surface area contributed by atoms with Gasteiger partial charge < -0.3 is 0 Å². The number of pyridine rings is 1. The number of nitrogens with zero attached hydrogens (tertiary/aromatic N) is 2. The Kier molecular flexibility index (Phi) is 4.45. The number of fused-ring (bicyclic) bond motifs is 1. The van der Waals surface area contributed by atoms with E-state index < -0.39 is 10.0 Å². The highest BCUT2D eigenvalue weighted by Gasteiger charge is 2.30. The van der Waals surface area contributed by atoms with Crippen molar-refractivity contribution in [3.05, 3.63) is 36.7 Å². The number of rotatable bonds is 4. The smallest absolute Gasteiger partial charge is 0.243 e. The molecule has 0 spiro atoms. The molecular weight excluding hydrogens is 296 g/mol. The quantitative estimate of drug-likeness (QED) is 0.867. The first-order valence-corrected chi connectivity index (χ1v) is 9.40. The van der Waals surface area contributed by atoms with Crippen LogP contribution in [0.25, 0.3) is 10.8 Å². The lowest BCUT2D eigenvalue weighted by Gasteiger charge is -2.32. The van der Waals surface area contributed by atoms with Crippen molar-refractivity contribution in [2.45, 2.75) is 37.5 Å². The summed E-state index contributed by atoms with van der Waals surface area (Å²) in [6.45, 7) is 3.44. The summed E-state index contributed by atoms with van der Waals surface area (Å²) in [6.07, 6.45) is 7.67. The molecule has 3 rings (SSSR count). The number of benzene rings is 1. The van der Waals surface area contributed by atoms with Crippen LogP contribution in [0.4, 0.5) is 0 Å². The summed E-state index contributed by atoms with van der Waals surface area (Å²) in [7, 11) is -3.43. The third kappa shape index (κ3) is 2.88. The molecule has 1 aliphatic rings. The van der Waals surface area contributed by atoms with E-state index in [-0.39, 0.29) is 0 Å². The van der Waals surface area contributed by atoms with Crippen LogP contribution in [0, 0.1) is 5.92 Å². The van der Waals surface area contributed by atoms with Crippen LogP contribution in [-0.4, -0.2) is 30.8 Å². The molecule has 0 saturated carbocycles. The zero-order chi connectivity index (χ0) is 15.6. The Morgan fingerprint density at radius 2 is 2.18 bits per heavy atom. The van der Waals surface area contributed by atoms with Crippen molar-refractivity contribution in [2.24, 2.45) is 5.92 Å². The third-order valence-electron chi connectivity index (χ3n) is 4.44. The van der Waals surface area contributed by atoms with Crippen LogP contribution in [-0.2, 0) is 10.0 Å². The predicted molar refractivity (Wildman–Crippen MR) is 88.1 cm³/mol. The maximum atomic E-state index is 13.1. The Morgan fingerprint density at radius 3 is 3.00 bits per heavy atom. The first-order chi connectivity index (χ1) is 10.6. The van der Waals surface area contributed by atoms with Gasteiger partial charge in [-0.3, -0.25) is 4.98 Å². The van der Waals surface area contributed by atoms with Crippen molar-refractivity contribution in [1.82, 2.24) is 9.29 Å². The molecule has 2 heterocycles. The van der Waals surface area contributed by atoms with Crippen LogP contribution in [0.15, 0.2) is 41.6 Å². The lowest BCUT2D eigenvalue weighted by molar-refractivity contribution is 0.255. The average Bonchev–Trinajstić information content (AvgIpc) is 2.55. The summed E-state index contributed by atoms with van der Waals surface area (Å²) in [5, 5.41) is 1.63. The van der Waals surface area contributed by atoms with Crippen LogP contribution < -0.4 is 0 Å². The van der Waals surface area contributed by atoms with Crippen LogP contribution in [0.5, 0.6) is 0 Å². The largest absolute Gasteiger partial charge is 0.264 e. The monoisotopic (exact) mass is 318 g/mol. The molecule has 1 atom stereocenters. The van der Waals surface area contributed by atoms with Crippen molar-refractivity contribution in [1.29, 1.82) is 0 Å². The number of hydrogen-bond acceptors (Lipinski definition) is 3. The van der Waals surface area contributed by atoms with E-state index in [4.69, 9.17) is 0 Å². The van der Waals surface area contributed by atoms with Crippen molar-refractivity contribution >= 4 is 20.8 Å². The Balaban J connectivity index is 1.98. The van der Waals surface area contributed by atoms with Gasteiger partial charge in [-0.05, 0) is 37.3 Å². The van der Waals surface area contributed by atoms with Crippen molar-refractivity contribution in [2.75, 3.05) is 13.1 Å². The van der Waals surface area contributed by atoms with E-state index in [2.05, 4.69) is 11.9 Å². The van der Waals surface area contributed by atoms with E-state index in [0.717, 1.165) is 36.5 Å². The lowest BCUT2D eigenvalue weighted by atomic mass is 9.95. The number of piperidine rings is 1. The Bertz CT molecular complexity index is 751. The summed E-state index contributed by atoms with van der Waals surface area (Å²) in [4.78, 5) is 4.48. The molecule has 0 N–H and O–H groups in total. The molecule has 1 fully saturated rings. The van der Waals surface area contributed by atoms with Gasteiger partial charge in [0.05, 0.1) is 4.90 Å². The zero-order valence-electron chi connectivity index (χ0n) is 12.9. The van der Waals surface area contributed by atoms with Crippen LogP contribution in [0.2, 0.25) is 0 Å². The molecule has 0 bridgehead atoms. The highest BCUT2D eigenvalue weighted by molar-refractivity contribution is 7.89. The number of aromatic nitrogens is 1. The first kappa shape index (κ1) is 15.4. The van der Waals surface area contributed by atoms with Gasteiger partial charge in [-0.2, -0.15) is 4.31 Å². The topological polar surface area (TPSA) is 50.3 Å². The maximum Gasteiger partial charge on any atom is 0.243 e. The minimum absolute atomic E-state index is 0.407. The van der Waals surface area contributed by atoms with Gasteiger partial charge in [-0.25, -0.2) is 8.42 Å². The molecule has 1 unspecified atom stereocenters. The molecule has 1 aromatic carbocycles. The molecule has 1 saturated heterocycles. The second-order valence-corrected chi connectivity index (χ2v) is 7.92. The van der Waals surface area contributed by atoms with E-state index in [1.807, 2.05) is 6.07 Å². The second-order valence-electron chi connectivity index (χ2n) is 6.01. The van der Waals surface area contributed by atoms with Gasteiger partial charge in [-0.1, -0.05) is 25.5 Å². The highest BCUT2D eigenvalue weighted by atomic mass is 32.2. The zero-order valence-corrected chi connectivity index (χ0v) is 13.7. The Hall–Kier alpha value is -1.46. The fraction of sp³-hybridized carbons (Fsp3) is 0.471. The van der Waals surface area contributed by atoms with Crippen molar-refractivity contribution in [3.8, 4) is 0 Å². The number of hydrogen-bond donors (Lipinski definition) is 0. The molecule has 2 aromatic rings. The molecule has 0 radical (unpaired) electrons. The summed E-state index contributed by atoms with van der Waals surface area (Å²) in [5.41, 5.74) is 0. The summed E-state index contributed by atoms with van der Waals surface area (Å²) in [6, 6.07) is 7.19. The van der Waals surface area contributed by atoms with Crippen LogP contribution >= 0.6 is 0 Å². The van der Waals surface area contributed by atoms with Crippen molar-refractivity contribution in [3.63, 3.8) is 0 Å². The van der Waals surface area contributed by atoms with E-state index in [9.17, 15) is 8.42 Å². The van der Waals surface area contributed by atoms with Crippen LogP contribution in [0.3, 0.4) is 0 Å². The van der Waals surface area contributed by atoms with Crippen LogP contribution in [0.1, 0.15) is 32.6 Å². The minimum atomic E-state index is -3.43. The Morgan fingerprint density at radius 1 is 1.32 bits per heavy atom. The molecule has 118 valence electrons. The third-order valence-corrected chi connectivity index (χ3v) is 6.36. The summed E-state index contributed by atoms with van der Waals surface area (Å²) >= 11 is 0. The molecule has 22 heavy (non-hydrogen) atoms. The Labute approximate surface area is 132 Å². The summed E-state index contributed by atoms with van der Waals surface area (Å²) < 4.78 is 27.8. The molecule has 1 aromatic heterocycles. The molecule has 0 aliphatic carbocycles. The fourth-order valence-corrected chi connectivity index (χ4v) is 5.11. The normalized spacial score (nSPS) is 20.3. The predicted octanol–water partition coefficient (Wildman–Crippen LogP) is 3.44. The minimum Gasteiger partial charge on any atom is -0.264 e. The molecule has 0 amide bonds. The van der Waals surface area contributed by atoms with Gasteiger partial charge in [0, 0.05) is 36.3 Å². The lowest BCUT2D eigenvalue weighted by Crippen LogP contribution is -2.39. The molecular formula is C17H22N2O2S. The van der Waals surface area contributed by atoms with Gasteiger partial charge in [-0.15, -0.1) is 0 Å². The van der Waals surface area contributed by atoms with Gasteiger partial charge in [0.15, 0.2) is 0 Å². The number of sulfonamides is 1. The molecule has 1 aliphatic heterocycles. The SMILES string of the molecule is CCCC1CCCN(S(=O)(=O)c2cccc3cnccc23)C1. The summed E-state index contributed by atoms with van der Waals surface area (Å²) in [5.74, 6) is 0.491. The second kappa shape index (κ2) is 6.34. The van der Waals surface area contributed by atoms with Crippen molar-refractivity contribution < 1.29 is 8.42 Å². The fourth-order valence-electron chi connectivity index (χ4n) is 3.35. The highest BCUT2D eigenvalue weighted by Crippen LogP contribution is 2.29. The first-order valence-electron chi connectivity index (χ1n) is 7.96. The standard InChI is InChI=1S/C17H22N2O2S/c1-2-5-14-6-4-11-19(13-14)22(20,21)17-8-3-7-15-12-18-10-9-16(15)17/h3,7-10,12,14H,2,4-6,11,13H2,1H3. The average molecular weight is 318 g/mol. The molecule has 4 nitrogen and oxygen atoms in total. The van der Waals surface area contributed by atoms with Gasteiger partial charge in [0.1, 0.15) is 0 Å². The van der Waals surface area contributed by atoms with E-state index in [0.29, 0.717) is 23.9 Å². The van der Waals surface area contributed by atoms with E-state index >= 15 is 0 Å². The van der Waals surface area contributed by atoms with Gasteiger partial charge in [0.2, 0.25) is 10.0 Å². The molecule has 5 heteroatoms. The maximum absolute atomic E-state index is 13.1. The van der Waals surface area contributed by atoms with Gasteiger partial charge in [0.25, 0.3) is 0 Å². The van der Waals surface area contributed by atoms with E-state index in [1.165, 1.54) is 0 Å². The van der Waals surface area contributed by atoms with Gasteiger partial charge >= 0.3 is 0 Å².